The molecule has 0 saturated heterocycles. The Morgan fingerprint density at radius 1 is 1.47 bits per heavy atom. The van der Waals surface area contributed by atoms with E-state index in [1.165, 1.54) is 0 Å². The molecule has 1 aliphatic carbocycles. The van der Waals surface area contributed by atoms with Crippen LogP contribution in [0.3, 0.4) is 0 Å². The molecule has 1 saturated carbocycles. The number of halogens is 1. The summed E-state index contributed by atoms with van der Waals surface area (Å²) in [7, 11) is 0. The molecule has 0 bridgehead atoms. The number of hydrogen-bond donors (Lipinski definition) is 1. The van der Waals surface area contributed by atoms with Gasteiger partial charge in [-0.25, -0.2) is 10.3 Å². The Hall–Kier alpha value is -1.35. The minimum atomic E-state index is 0.412. The standard InChI is InChI=1S/C14H12ClNO2S/c1-19-12-6-9(4-5-10(12)15)14-13(8-2-3-8)11(7-17)16-18-14/h4-6,8,16H,2-3H2,1H3. The van der Waals surface area contributed by atoms with Crippen molar-refractivity contribution >= 4 is 35.1 Å². The summed E-state index contributed by atoms with van der Waals surface area (Å²) in [6.45, 7) is 0. The van der Waals surface area contributed by atoms with Crippen molar-refractivity contribution in [3.05, 3.63) is 40.1 Å². The smallest absolute Gasteiger partial charge is 0.168 e. The monoisotopic (exact) mass is 293 g/mol. The van der Waals surface area contributed by atoms with Gasteiger partial charge in [-0.2, -0.15) is 0 Å². The highest BCUT2D eigenvalue weighted by molar-refractivity contribution is 7.98. The van der Waals surface area contributed by atoms with Gasteiger partial charge in [0.05, 0.1) is 5.02 Å². The molecule has 0 unspecified atom stereocenters. The molecule has 1 fully saturated rings. The minimum Gasteiger partial charge on any atom is -0.380 e. The van der Waals surface area contributed by atoms with E-state index >= 15 is 0 Å². The molecule has 3 nitrogen and oxygen atoms in total. The Bertz CT molecular complexity index is 616. The van der Waals surface area contributed by atoms with Gasteiger partial charge in [0, 0.05) is 16.0 Å². The fourth-order valence-electron chi connectivity index (χ4n) is 2.18. The molecule has 3 rings (SSSR count). The molecule has 19 heavy (non-hydrogen) atoms. The summed E-state index contributed by atoms with van der Waals surface area (Å²) in [4.78, 5) is 17.4. The molecule has 0 radical (unpaired) electrons. The van der Waals surface area contributed by atoms with E-state index in [0.717, 1.165) is 39.7 Å². The lowest BCUT2D eigenvalue weighted by atomic mass is 10.0. The van der Waals surface area contributed by atoms with E-state index in [-0.39, 0.29) is 0 Å². The number of nitrogens with one attached hydrogen (secondary N) is 1. The molecule has 0 amide bonds. The molecular weight excluding hydrogens is 282 g/mol. The van der Waals surface area contributed by atoms with Crippen LogP contribution < -0.4 is 5.48 Å². The second-order valence-electron chi connectivity index (χ2n) is 4.55. The van der Waals surface area contributed by atoms with E-state index in [2.05, 4.69) is 5.48 Å². The fourth-order valence-corrected chi connectivity index (χ4v) is 3.04. The molecular formula is C14H12ClNO2S. The van der Waals surface area contributed by atoms with Crippen LogP contribution in [0.4, 0.5) is 0 Å². The van der Waals surface area contributed by atoms with Crippen molar-refractivity contribution in [2.24, 2.45) is 5.92 Å². The maximum atomic E-state index is 10.9. The van der Waals surface area contributed by atoms with E-state index in [4.69, 9.17) is 16.4 Å². The third-order valence-corrected chi connectivity index (χ3v) is 4.49. The predicted molar refractivity (Wildman–Crippen MR) is 76.3 cm³/mol. The van der Waals surface area contributed by atoms with Crippen molar-refractivity contribution < 1.29 is 9.63 Å². The first-order valence-corrected chi connectivity index (χ1v) is 7.61. The minimum absolute atomic E-state index is 0.412. The summed E-state index contributed by atoms with van der Waals surface area (Å²) < 4.78 is 0. The van der Waals surface area contributed by atoms with E-state index < -0.39 is 0 Å². The summed E-state index contributed by atoms with van der Waals surface area (Å²) in [6, 6.07) is 5.75. The third-order valence-electron chi connectivity index (χ3n) is 3.27. The maximum absolute atomic E-state index is 10.9. The molecule has 1 N–H and O–H groups in total. The first-order chi connectivity index (χ1) is 9.24. The lowest BCUT2D eigenvalue weighted by Crippen LogP contribution is -2.06. The van der Waals surface area contributed by atoms with Gasteiger partial charge in [0.25, 0.3) is 0 Å². The van der Waals surface area contributed by atoms with Gasteiger partial charge in [0.1, 0.15) is 0 Å². The van der Waals surface area contributed by atoms with Crippen molar-refractivity contribution in [2.75, 3.05) is 6.26 Å². The van der Waals surface area contributed by atoms with E-state index in [1.807, 2.05) is 30.4 Å². The van der Waals surface area contributed by atoms with Crippen LogP contribution in [-0.4, -0.2) is 12.2 Å². The molecule has 98 valence electrons. The van der Waals surface area contributed by atoms with Crippen LogP contribution in [0.5, 0.6) is 0 Å². The second kappa shape index (κ2) is 4.97. The Morgan fingerprint density at radius 3 is 2.89 bits per heavy atom. The highest BCUT2D eigenvalue weighted by atomic mass is 35.5. The van der Waals surface area contributed by atoms with Crippen LogP contribution in [0.1, 0.15) is 18.4 Å². The van der Waals surface area contributed by atoms with Crippen molar-refractivity contribution in [3.63, 3.8) is 0 Å². The van der Waals surface area contributed by atoms with Crippen LogP contribution in [0.25, 0.3) is 5.76 Å². The fraction of sp³-hybridized carbons (Fsp3) is 0.286. The zero-order valence-corrected chi connectivity index (χ0v) is 11.9. The van der Waals surface area contributed by atoms with Gasteiger partial charge in [-0.1, -0.05) is 11.6 Å². The normalized spacial score (nSPS) is 18.1. The average molecular weight is 294 g/mol. The van der Waals surface area contributed by atoms with Crippen molar-refractivity contribution in [1.29, 1.82) is 0 Å². The second-order valence-corrected chi connectivity index (χ2v) is 5.80. The first kappa shape index (κ1) is 12.7. The van der Waals surface area contributed by atoms with Crippen LogP contribution in [0.15, 0.2) is 34.4 Å². The van der Waals surface area contributed by atoms with Gasteiger partial charge in [0.15, 0.2) is 17.4 Å². The first-order valence-electron chi connectivity index (χ1n) is 6.01. The van der Waals surface area contributed by atoms with Gasteiger partial charge >= 0.3 is 0 Å². The van der Waals surface area contributed by atoms with E-state index in [0.29, 0.717) is 11.6 Å². The highest BCUT2D eigenvalue weighted by Crippen LogP contribution is 2.45. The Morgan fingerprint density at radius 2 is 2.26 bits per heavy atom. The number of benzene rings is 1. The topological polar surface area (TPSA) is 38.3 Å². The van der Waals surface area contributed by atoms with Gasteiger partial charge in [-0.05, 0) is 43.2 Å². The quantitative estimate of drug-likeness (QED) is 0.684. The van der Waals surface area contributed by atoms with Gasteiger partial charge in [-0.15, -0.1) is 11.8 Å². The van der Waals surface area contributed by atoms with Crippen molar-refractivity contribution in [2.45, 2.75) is 17.7 Å². The Labute approximate surface area is 120 Å². The lowest BCUT2D eigenvalue weighted by Gasteiger charge is -2.07. The zero-order valence-electron chi connectivity index (χ0n) is 10.3. The van der Waals surface area contributed by atoms with E-state index in [9.17, 15) is 4.79 Å². The van der Waals surface area contributed by atoms with Crippen LogP contribution in [0, 0.1) is 5.92 Å². The Balaban J connectivity index is 2.09. The maximum Gasteiger partial charge on any atom is 0.168 e. The highest BCUT2D eigenvalue weighted by Gasteiger charge is 2.37. The zero-order chi connectivity index (χ0) is 13.4. The molecule has 1 aromatic carbocycles. The SMILES string of the molecule is CSc1cc(C2=C(C3CC3)C(=C=O)NO2)ccc1Cl. The third kappa shape index (κ3) is 2.27. The number of hydrogen-bond acceptors (Lipinski definition) is 4. The predicted octanol–water partition coefficient (Wildman–Crippen LogP) is 3.43. The Kier molecular flexibility index (Phi) is 3.31. The van der Waals surface area contributed by atoms with Crippen molar-refractivity contribution in [1.82, 2.24) is 5.48 Å². The van der Waals surface area contributed by atoms with Gasteiger partial charge in [-0.3, -0.25) is 0 Å². The molecule has 1 aromatic rings. The number of allylic oxidation sites excluding steroid dienone is 1. The molecule has 1 heterocycles. The summed E-state index contributed by atoms with van der Waals surface area (Å²) in [5.41, 5.74) is 4.97. The number of carbonyl (C=O) groups excluding carboxylic acids is 1. The molecule has 5 heteroatoms. The molecule has 1 aliphatic heterocycles. The summed E-state index contributed by atoms with van der Waals surface area (Å²) >= 11 is 7.69. The largest absolute Gasteiger partial charge is 0.380 e. The average Bonchev–Trinajstić information content (AvgIpc) is 3.18. The van der Waals surface area contributed by atoms with Crippen LogP contribution in [0.2, 0.25) is 5.02 Å². The summed E-state index contributed by atoms with van der Waals surface area (Å²) in [5, 5.41) is 0.724. The number of thioether (sulfide) groups is 1. The van der Waals surface area contributed by atoms with Gasteiger partial charge < -0.3 is 4.84 Å². The van der Waals surface area contributed by atoms with Crippen molar-refractivity contribution in [3.8, 4) is 0 Å². The number of rotatable bonds is 3. The summed E-state index contributed by atoms with van der Waals surface area (Å²) in [5.74, 6) is 3.06. The van der Waals surface area contributed by atoms with Crippen LogP contribution >= 0.6 is 23.4 Å². The van der Waals surface area contributed by atoms with Gasteiger partial charge in [0.2, 0.25) is 0 Å². The summed E-state index contributed by atoms with van der Waals surface area (Å²) in [6.07, 6.45) is 4.17. The molecule has 2 aliphatic rings. The molecule has 0 atom stereocenters. The molecule has 0 aromatic heterocycles. The van der Waals surface area contributed by atoms with E-state index in [1.54, 1.807) is 11.8 Å². The molecule has 0 spiro atoms. The van der Waals surface area contributed by atoms with Crippen LogP contribution in [-0.2, 0) is 9.63 Å². The lowest BCUT2D eigenvalue weighted by molar-refractivity contribution is 0.211. The number of hydroxylamine groups is 1.